The maximum absolute atomic E-state index is 6.05. The molecule has 4 rings (SSSR count). The standard InChI is InChI=1S/C18H14N4.ClH/c19-17-14(18-21-15-8-4-5-9-16(15)22-18)10-13(11-20-17)12-6-2-1-3-7-12;/h1-11H,(H2,19,20)(H,21,22);1H. The van der Waals surface area contributed by atoms with Crippen LogP contribution >= 0.6 is 12.4 Å². The number of nitrogen functional groups attached to an aromatic ring is 1. The van der Waals surface area contributed by atoms with Gasteiger partial charge in [-0.05, 0) is 23.8 Å². The molecule has 5 heteroatoms. The van der Waals surface area contributed by atoms with Crippen molar-refractivity contribution in [2.75, 3.05) is 5.73 Å². The minimum Gasteiger partial charge on any atom is -0.383 e. The van der Waals surface area contributed by atoms with Crippen LogP contribution in [0.3, 0.4) is 0 Å². The van der Waals surface area contributed by atoms with Crippen molar-refractivity contribution < 1.29 is 0 Å². The first kappa shape index (κ1) is 15.1. The molecular weight excluding hydrogens is 308 g/mol. The number of hydrogen-bond acceptors (Lipinski definition) is 3. The zero-order chi connectivity index (χ0) is 14.9. The average molecular weight is 323 g/mol. The highest BCUT2D eigenvalue weighted by atomic mass is 35.5. The minimum atomic E-state index is 0. The van der Waals surface area contributed by atoms with Gasteiger partial charge in [-0.15, -0.1) is 12.4 Å². The topological polar surface area (TPSA) is 67.6 Å². The smallest absolute Gasteiger partial charge is 0.142 e. The summed E-state index contributed by atoms with van der Waals surface area (Å²) in [4.78, 5) is 12.2. The molecule has 0 amide bonds. The molecule has 4 nitrogen and oxygen atoms in total. The molecule has 0 spiro atoms. The molecule has 0 atom stereocenters. The molecule has 0 saturated heterocycles. The Morgan fingerprint density at radius 2 is 1.61 bits per heavy atom. The summed E-state index contributed by atoms with van der Waals surface area (Å²) in [7, 11) is 0. The SMILES string of the molecule is Cl.Nc1ncc(-c2ccccc2)cc1-c1nc2ccccc2[nH]1. The first-order valence-electron chi connectivity index (χ1n) is 7.07. The van der Waals surface area contributed by atoms with Crippen molar-refractivity contribution >= 4 is 29.3 Å². The average Bonchev–Trinajstić information content (AvgIpc) is 3.00. The number of hydrogen-bond donors (Lipinski definition) is 2. The molecule has 2 aromatic carbocycles. The lowest BCUT2D eigenvalue weighted by atomic mass is 10.1. The number of rotatable bonds is 2. The number of para-hydroxylation sites is 2. The van der Waals surface area contributed by atoms with Crippen molar-refractivity contribution in [1.82, 2.24) is 15.0 Å². The minimum absolute atomic E-state index is 0. The van der Waals surface area contributed by atoms with E-state index in [-0.39, 0.29) is 12.4 Å². The van der Waals surface area contributed by atoms with Crippen LogP contribution in [0.5, 0.6) is 0 Å². The maximum Gasteiger partial charge on any atom is 0.142 e. The Labute approximate surface area is 139 Å². The third-order valence-electron chi connectivity index (χ3n) is 3.67. The summed E-state index contributed by atoms with van der Waals surface area (Å²) >= 11 is 0. The molecule has 0 unspecified atom stereocenters. The van der Waals surface area contributed by atoms with Gasteiger partial charge < -0.3 is 10.7 Å². The van der Waals surface area contributed by atoms with E-state index in [9.17, 15) is 0 Å². The Morgan fingerprint density at radius 3 is 2.39 bits per heavy atom. The van der Waals surface area contributed by atoms with Gasteiger partial charge in [0, 0.05) is 11.8 Å². The van der Waals surface area contributed by atoms with E-state index >= 15 is 0 Å². The monoisotopic (exact) mass is 322 g/mol. The van der Waals surface area contributed by atoms with Crippen LogP contribution in [0.4, 0.5) is 5.82 Å². The zero-order valence-corrected chi connectivity index (χ0v) is 13.0. The van der Waals surface area contributed by atoms with E-state index in [1.807, 2.05) is 48.5 Å². The van der Waals surface area contributed by atoms with Crippen LogP contribution in [-0.2, 0) is 0 Å². The number of benzene rings is 2. The van der Waals surface area contributed by atoms with Gasteiger partial charge in [-0.3, -0.25) is 0 Å². The van der Waals surface area contributed by atoms with Crippen molar-refractivity contribution in [2.24, 2.45) is 0 Å². The lowest BCUT2D eigenvalue weighted by Crippen LogP contribution is -1.96. The van der Waals surface area contributed by atoms with E-state index < -0.39 is 0 Å². The molecule has 0 aliphatic heterocycles. The number of anilines is 1. The van der Waals surface area contributed by atoms with E-state index in [4.69, 9.17) is 5.73 Å². The molecule has 0 aliphatic rings. The molecule has 2 heterocycles. The van der Waals surface area contributed by atoms with Crippen LogP contribution in [0, 0.1) is 0 Å². The molecule has 3 N–H and O–H groups in total. The summed E-state index contributed by atoms with van der Waals surface area (Å²) < 4.78 is 0. The first-order valence-corrected chi connectivity index (χ1v) is 7.07. The summed E-state index contributed by atoms with van der Waals surface area (Å²) in [6, 6.07) is 20.0. The molecule has 0 bridgehead atoms. The fourth-order valence-electron chi connectivity index (χ4n) is 2.53. The van der Waals surface area contributed by atoms with Crippen molar-refractivity contribution in [3.63, 3.8) is 0 Å². The van der Waals surface area contributed by atoms with Crippen molar-refractivity contribution in [3.8, 4) is 22.5 Å². The van der Waals surface area contributed by atoms with Gasteiger partial charge in [-0.25, -0.2) is 9.97 Å². The fraction of sp³-hybridized carbons (Fsp3) is 0. The van der Waals surface area contributed by atoms with Gasteiger partial charge in [0.2, 0.25) is 0 Å². The third kappa shape index (κ3) is 2.76. The van der Waals surface area contributed by atoms with E-state index in [1.165, 1.54) is 0 Å². The van der Waals surface area contributed by atoms with Crippen LogP contribution in [0.15, 0.2) is 66.9 Å². The number of aromatic nitrogens is 3. The molecule has 0 fully saturated rings. The van der Waals surface area contributed by atoms with E-state index in [0.29, 0.717) is 5.82 Å². The molecule has 0 aliphatic carbocycles. The lowest BCUT2D eigenvalue weighted by Gasteiger charge is -2.06. The normalized spacial score (nSPS) is 10.4. The zero-order valence-electron chi connectivity index (χ0n) is 12.2. The Hall–Kier alpha value is -2.85. The predicted octanol–water partition coefficient (Wildman–Crippen LogP) is 4.30. The molecule has 0 radical (unpaired) electrons. The fourth-order valence-corrected chi connectivity index (χ4v) is 2.53. The van der Waals surface area contributed by atoms with Gasteiger partial charge in [-0.1, -0.05) is 42.5 Å². The van der Waals surface area contributed by atoms with Crippen LogP contribution in [0.25, 0.3) is 33.5 Å². The number of fused-ring (bicyclic) bond motifs is 1. The Kier molecular flexibility index (Phi) is 4.00. The molecule has 4 aromatic rings. The number of halogens is 1. The number of nitrogens with one attached hydrogen (secondary N) is 1. The van der Waals surface area contributed by atoms with Gasteiger partial charge in [0.1, 0.15) is 11.6 Å². The summed E-state index contributed by atoms with van der Waals surface area (Å²) in [5.41, 5.74) is 10.9. The quantitative estimate of drug-likeness (QED) is 0.578. The maximum atomic E-state index is 6.05. The molecule has 23 heavy (non-hydrogen) atoms. The Morgan fingerprint density at radius 1 is 0.870 bits per heavy atom. The lowest BCUT2D eigenvalue weighted by molar-refractivity contribution is 1.28. The first-order chi connectivity index (χ1) is 10.8. The van der Waals surface area contributed by atoms with Crippen LogP contribution in [0.1, 0.15) is 0 Å². The second-order valence-electron chi connectivity index (χ2n) is 5.13. The predicted molar refractivity (Wildman–Crippen MR) is 96.4 cm³/mol. The van der Waals surface area contributed by atoms with E-state index in [2.05, 4.69) is 27.1 Å². The van der Waals surface area contributed by atoms with Crippen molar-refractivity contribution in [3.05, 3.63) is 66.9 Å². The molecule has 0 saturated carbocycles. The number of pyridine rings is 1. The second-order valence-corrected chi connectivity index (χ2v) is 5.13. The van der Waals surface area contributed by atoms with Gasteiger partial charge in [0.05, 0.1) is 16.6 Å². The molecular formula is C18H15ClN4. The Balaban J connectivity index is 0.00000156. The number of aromatic amines is 1. The third-order valence-corrected chi connectivity index (χ3v) is 3.67. The van der Waals surface area contributed by atoms with Gasteiger partial charge >= 0.3 is 0 Å². The van der Waals surface area contributed by atoms with Gasteiger partial charge in [-0.2, -0.15) is 0 Å². The summed E-state index contributed by atoms with van der Waals surface area (Å²) in [5.74, 6) is 1.21. The highest BCUT2D eigenvalue weighted by Gasteiger charge is 2.11. The van der Waals surface area contributed by atoms with Gasteiger partial charge in [0.15, 0.2) is 0 Å². The van der Waals surface area contributed by atoms with E-state index in [0.717, 1.165) is 33.5 Å². The molecule has 114 valence electrons. The van der Waals surface area contributed by atoms with Gasteiger partial charge in [0.25, 0.3) is 0 Å². The number of nitrogens with two attached hydrogens (primary N) is 1. The van der Waals surface area contributed by atoms with Crippen LogP contribution in [0.2, 0.25) is 0 Å². The van der Waals surface area contributed by atoms with Crippen LogP contribution in [-0.4, -0.2) is 15.0 Å². The molecule has 2 aromatic heterocycles. The van der Waals surface area contributed by atoms with Crippen molar-refractivity contribution in [2.45, 2.75) is 0 Å². The van der Waals surface area contributed by atoms with Crippen molar-refractivity contribution in [1.29, 1.82) is 0 Å². The van der Waals surface area contributed by atoms with Crippen LogP contribution < -0.4 is 5.73 Å². The summed E-state index contributed by atoms with van der Waals surface area (Å²) in [6.45, 7) is 0. The number of H-pyrrole nitrogens is 1. The number of nitrogens with zero attached hydrogens (tertiary/aromatic N) is 2. The Bertz CT molecular complexity index is 915. The highest BCUT2D eigenvalue weighted by molar-refractivity contribution is 5.85. The van der Waals surface area contributed by atoms with E-state index in [1.54, 1.807) is 6.20 Å². The largest absolute Gasteiger partial charge is 0.383 e. The number of imidazole rings is 1. The highest BCUT2D eigenvalue weighted by Crippen LogP contribution is 2.29. The second kappa shape index (κ2) is 6.10. The summed E-state index contributed by atoms with van der Waals surface area (Å²) in [6.07, 6.45) is 1.79. The summed E-state index contributed by atoms with van der Waals surface area (Å²) in [5, 5.41) is 0.